The molecule has 0 amide bonds. The van der Waals surface area contributed by atoms with Crippen LogP contribution in [0.15, 0.2) is 24.3 Å². The molecule has 3 unspecified atom stereocenters. The number of rotatable bonds is 5. The first-order valence-electron chi connectivity index (χ1n) is 6.83. The van der Waals surface area contributed by atoms with Crippen molar-refractivity contribution in [3.05, 3.63) is 29.8 Å². The number of hydrogen-bond donors (Lipinski definition) is 2. The van der Waals surface area contributed by atoms with E-state index in [0.717, 1.165) is 11.7 Å². The molecule has 0 heterocycles. The van der Waals surface area contributed by atoms with Gasteiger partial charge in [-0.25, -0.2) is 0 Å². The number of nitrogens with two attached hydrogens (primary N) is 1. The maximum absolute atomic E-state index is 5.91. The smallest absolute Gasteiger partial charge is 0.119 e. The minimum atomic E-state index is 0.232. The quantitative estimate of drug-likeness (QED) is 0.841. The minimum Gasteiger partial charge on any atom is -0.497 e. The molecule has 1 aromatic carbocycles. The summed E-state index contributed by atoms with van der Waals surface area (Å²) in [4.78, 5) is 0. The maximum Gasteiger partial charge on any atom is 0.119 e. The highest BCUT2D eigenvalue weighted by molar-refractivity contribution is 5.30. The summed E-state index contributed by atoms with van der Waals surface area (Å²) in [5.41, 5.74) is 7.12. The lowest BCUT2D eigenvalue weighted by Crippen LogP contribution is -2.35. The predicted molar refractivity (Wildman–Crippen MR) is 74.7 cm³/mol. The van der Waals surface area contributed by atoms with E-state index in [1.807, 2.05) is 12.1 Å². The molecular weight excluding hydrogens is 224 g/mol. The van der Waals surface area contributed by atoms with E-state index in [2.05, 4.69) is 24.4 Å². The second-order valence-corrected chi connectivity index (χ2v) is 5.35. The van der Waals surface area contributed by atoms with Gasteiger partial charge in [0.25, 0.3) is 0 Å². The SMILES string of the molecule is COc1cccc(C(CN)NC2CCC(C)C2)c1. The Hall–Kier alpha value is -1.06. The second kappa shape index (κ2) is 6.21. The summed E-state index contributed by atoms with van der Waals surface area (Å²) in [5.74, 6) is 1.73. The summed E-state index contributed by atoms with van der Waals surface area (Å²) in [6.45, 7) is 2.95. The maximum atomic E-state index is 5.91. The van der Waals surface area contributed by atoms with Crippen molar-refractivity contribution in [1.29, 1.82) is 0 Å². The summed E-state index contributed by atoms with van der Waals surface area (Å²) in [6.07, 6.45) is 3.86. The third kappa shape index (κ3) is 3.24. The van der Waals surface area contributed by atoms with Crippen LogP contribution in [0, 0.1) is 5.92 Å². The molecule has 18 heavy (non-hydrogen) atoms. The summed E-state index contributed by atoms with van der Waals surface area (Å²) >= 11 is 0. The largest absolute Gasteiger partial charge is 0.497 e. The van der Waals surface area contributed by atoms with E-state index in [4.69, 9.17) is 10.5 Å². The Bertz CT molecular complexity index is 381. The zero-order chi connectivity index (χ0) is 13.0. The first-order valence-corrected chi connectivity index (χ1v) is 6.83. The van der Waals surface area contributed by atoms with Crippen molar-refractivity contribution < 1.29 is 4.74 Å². The summed E-state index contributed by atoms with van der Waals surface area (Å²) in [7, 11) is 1.70. The van der Waals surface area contributed by atoms with Crippen LogP contribution >= 0.6 is 0 Å². The number of hydrogen-bond acceptors (Lipinski definition) is 3. The highest BCUT2D eigenvalue weighted by Gasteiger charge is 2.23. The summed E-state index contributed by atoms with van der Waals surface area (Å²) < 4.78 is 5.27. The zero-order valence-electron chi connectivity index (χ0n) is 11.4. The van der Waals surface area contributed by atoms with Crippen molar-refractivity contribution in [2.45, 2.75) is 38.3 Å². The molecule has 0 spiro atoms. The number of benzene rings is 1. The molecule has 0 radical (unpaired) electrons. The molecule has 0 aliphatic heterocycles. The molecule has 0 saturated heterocycles. The fraction of sp³-hybridized carbons (Fsp3) is 0.600. The van der Waals surface area contributed by atoms with Gasteiger partial charge in [0.15, 0.2) is 0 Å². The van der Waals surface area contributed by atoms with E-state index in [1.54, 1.807) is 7.11 Å². The Balaban J connectivity index is 2.03. The van der Waals surface area contributed by atoms with Crippen LogP contribution in [0.1, 0.15) is 37.8 Å². The molecule has 3 atom stereocenters. The first-order chi connectivity index (χ1) is 8.72. The number of ether oxygens (including phenoxy) is 1. The average Bonchev–Trinajstić information content (AvgIpc) is 2.81. The minimum absolute atomic E-state index is 0.232. The van der Waals surface area contributed by atoms with Gasteiger partial charge in [-0.1, -0.05) is 19.1 Å². The fourth-order valence-electron chi connectivity index (χ4n) is 2.80. The molecule has 1 aliphatic rings. The van der Waals surface area contributed by atoms with Crippen LogP contribution in [0.2, 0.25) is 0 Å². The Morgan fingerprint density at radius 2 is 2.28 bits per heavy atom. The molecule has 3 heteroatoms. The Labute approximate surface area is 110 Å². The number of nitrogens with one attached hydrogen (secondary N) is 1. The van der Waals surface area contributed by atoms with Crippen LogP contribution in [0.5, 0.6) is 5.75 Å². The van der Waals surface area contributed by atoms with E-state index in [-0.39, 0.29) is 6.04 Å². The second-order valence-electron chi connectivity index (χ2n) is 5.35. The predicted octanol–water partition coefficient (Wildman–Crippen LogP) is 2.47. The lowest BCUT2D eigenvalue weighted by Gasteiger charge is -2.22. The van der Waals surface area contributed by atoms with Gasteiger partial charge in [-0.05, 0) is 42.9 Å². The van der Waals surface area contributed by atoms with Gasteiger partial charge in [-0.3, -0.25) is 0 Å². The van der Waals surface area contributed by atoms with Gasteiger partial charge in [0.1, 0.15) is 5.75 Å². The van der Waals surface area contributed by atoms with Gasteiger partial charge >= 0.3 is 0 Å². The van der Waals surface area contributed by atoms with Gasteiger partial charge in [0.2, 0.25) is 0 Å². The van der Waals surface area contributed by atoms with E-state index >= 15 is 0 Å². The third-order valence-corrected chi connectivity index (χ3v) is 3.86. The molecule has 1 saturated carbocycles. The molecular formula is C15H24N2O. The van der Waals surface area contributed by atoms with Crippen LogP contribution in [0.25, 0.3) is 0 Å². The molecule has 0 aromatic heterocycles. The number of methoxy groups -OCH3 is 1. The van der Waals surface area contributed by atoms with Crippen molar-refractivity contribution in [3.63, 3.8) is 0 Å². The molecule has 100 valence electrons. The molecule has 2 rings (SSSR count). The van der Waals surface area contributed by atoms with Gasteiger partial charge < -0.3 is 15.8 Å². The van der Waals surface area contributed by atoms with Gasteiger partial charge in [-0.2, -0.15) is 0 Å². The Morgan fingerprint density at radius 1 is 1.44 bits per heavy atom. The van der Waals surface area contributed by atoms with E-state index in [9.17, 15) is 0 Å². The van der Waals surface area contributed by atoms with Gasteiger partial charge in [0, 0.05) is 18.6 Å². The van der Waals surface area contributed by atoms with Gasteiger partial charge in [-0.15, -0.1) is 0 Å². The summed E-state index contributed by atoms with van der Waals surface area (Å²) in [5, 5.41) is 3.68. The standard InChI is InChI=1S/C15H24N2O/c1-11-6-7-13(8-11)17-15(10-16)12-4-3-5-14(9-12)18-2/h3-5,9,11,13,15,17H,6-8,10,16H2,1-2H3. The van der Waals surface area contributed by atoms with Crippen molar-refractivity contribution in [2.75, 3.05) is 13.7 Å². The fourth-order valence-corrected chi connectivity index (χ4v) is 2.80. The molecule has 3 nitrogen and oxygen atoms in total. The van der Waals surface area contributed by atoms with Gasteiger partial charge in [0.05, 0.1) is 7.11 Å². The Kier molecular flexibility index (Phi) is 4.61. The molecule has 1 fully saturated rings. The van der Waals surface area contributed by atoms with E-state index < -0.39 is 0 Å². The molecule has 1 aromatic rings. The topological polar surface area (TPSA) is 47.3 Å². The van der Waals surface area contributed by atoms with Crippen LogP contribution in [0.3, 0.4) is 0 Å². The monoisotopic (exact) mass is 248 g/mol. The first kappa shape index (κ1) is 13.4. The molecule has 3 N–H and O–H groups in total. The van der Waals surface area contributed by atoms with Crippen LogP contribution < -0.4 is 15.8 Å². The third-order valence-electron chi connectivity index (χ3n) is 3.86. The van der Waals surface area contributed by atoms with Crippen molar-refractivity contribution in [1.82, 2.24) is 5.32 Å². The normalized spacial score (nSPS) is 25.1. The van der Waals surface area contributed by atoms with Crippen LogP contribution in [0.4, 0.5) is 0 Å². The summed E-state index contributed by atoms with van der Waals surface area (Å²) in [6, 6.07) is 9.02. The zero-order valence-corrected chi connectivity index (χ0v) is 11.4. The van der Waals surface area contributed by atoms with Crippen molar-refractivity contribution in [2.24, 2.45) is 11.7 Å². The van der Waals surface area contributed by atoms with Crippen LogP contribution in [-0.4, -0.2) is 19.7 Å². The molecule has 1 aliphatic carbocycles. The van der Waals surface area contributed by atoms with Crippen LogP contribution in [-0.2, 0) is 0 Å². The van der Waals surface area contributed by atoms with E-state index in [0.29, 0.717) is 12.6 Å². The Morgan fingerprint density at radius 3 is 2.89 bits per heavy atom. The lowest BCUT2D eigenvalue weighted by atomic mass is 10.0. The van der Waals surface area contributed by atoms with E-state index in [1.165, 1.54) is 24.8 Å². The lowest BCUT2D eigenvalue weighted by molar-refractivity contribution is 0.409. The molecule has 0 bridgehead atoms. The van der Waals surface area contributed by atoms with Crippen molar-refractivity contribution >= 4 is 0 Å². The average molecular weight is 248 g/mol. The highest BCUT2D eigenvalue weighted by atomic mass is 16.5. The highest BCUT2D eigenvalue weighted by Crippen LogP contribution is 2.27. The van der Waals surface area contributed by atoms with Crippen molar-refractivity contribution in [3.8, 4) is 5.75 Å².